The third kappa shape index (κ3) is 6.05. The van der Waals surface area contributed by atoms with Crippen molar-refractivity contribution in [1.29, 1.82) is 0 Å². The molecule has 0 fully saturated rings. The van der Waals surface area contributed by atoms with Crippen molar-refractivity contribution >= 4 is 27.4 Å². The number of allylic oxidation sites excluding steroid dienone is 4. The van der Waals surface area contributed by atoms with Crippen LogP contribution in [0, 0.1) is 0 Å². The van der Waals surface area contributed by atoms with Gasteiger partial charge < -0.3 is 0 Å². The molecule has 0 aliphatic carbocycles. The summed E-state index contributed by atoms with van der Waals surface area (Å²) < 4.78 is 2.23. The van der Waals surface area contributed by atoms with Crippen LogP contribution in [0.25, 0.3) is 66.7 Å². The highest BCUT2D eigenvalue weighted by atomic mass is 15.1. The first-order chi connectivity index (χ1) is 23.2. The first kappa shape index (κ1) is 29.5. The zero-order valence-electron chi connectivity index (χ0n) is 26.1. The molecular formula is C45H34N2. The van der Waals surface area contributed by atoms with E-state index in [1.807, 2.05) is 24.3 Å². The van der Waals surface area contributed by atoms with E-state index in [2.05, 4.69) is 169 Å². The topological polar surface area (TPSA) is 17.8 Å². The highest BCUT2D eigenvalue weighted by Gasteiger charge is 2.14. The lowest BCUT2D eigenvalue weighted by Gasteiger charge is -2.11. The van der Waals surface area contributed by atoms with Crippen molar-refractivity contribution in [1.82, 2.24) is 9.55 Å². The summed E-state index contributed by atoms with van der Waals surface area (Å²) in [5.41, 5.74) is 10.7. The maximum atomic E-state index is 5.06. The second-order valence-electron chi connectivity index (χ2n) is 11.3. The largest absolute Gasteiger partial charge is 0.292 e. The van der Waals surface area contributed by atoms with E-state index >= 15 is 0 Å². The zero-order valence-corrected chi connectivity index (χ0v) is 26.1. The van der Waals surface area contributed by atoms with Gasteiger partial charge in [0.05, 0.1) is 11.0 Å². The molecule has 0 unspecified atom stereocenters. The summed E-state index contributed by atoms with van der Waals surface area (Å²) in [6, 6.07) is 57.4. The highest BCUT2D eigenvalue weighted by Crippen LogP contribution is 2.33. The van der Waals surface area contributed by atoms with Gasteiger partial charge in [0, 0.05) is 11.3 Å². The SMILES string of the molecule is C=C/C=C\C(=C)c1ccc(-c2ccc(-c3nc4ccccc4n3-c3ccccc3)cc2)cccc(-c2ccccc2)c2ccccc12. The Morgan fingerprint density at radius 3 is 1.89 bits per heavy atom. The maximum absolute atomic E-state index is 5.06. The van der Waals surface area contributed by atoms with Crippen molar-refractivity contribution in [3.63, 3.8) is 0 Å². The van der Waals surface area contributed by atoms with Crippen molar-refractivity contribution in [3.05, 3.63) is 201 Å². The van der Waals surface area contributed by atoms with Gasteiger partial charge in [0.15, 0.2) is 0 Å². The normalized spacial score (nSPS) is 11.1. The number of rotatable bonds is 7. The average molecular weight is 603 g/mol. The lowest BCUT2D eigenvalue weighted by molar-refractivity contribution is 1.10. The molecule has 0 radical (unpaired) electrons. The van der Waals surface area contributed by atoms with Gasteiger partial charge in [-0.3, -0.25) is 4.57 Å². The molecule has 0 atom stereocenters. The van der Waals surface area contributed by atoms with Gasteiger partial charge in [-0.15, -0.1) is 0 Å². The smallest absolute Gasteiger partial charge is 0.145 e. The minimum atomic E-state index is 0.916. The Labute approximate surface area is 276 Å². The van der Waals surface area contributed by atoms with Crippen molar-refractivity contribution < 1.29 is 0 Å². The van der Waals surface area contributed by atoms with Crippen LogP contribution >= 0.6 is 0 Å². The molecule has 2 heteroatoms. The van der Waals surface area contributed by atoms with Crippen LogP contribution in [0.5, 0.6) is 0 Å². The lowest BCUT2D eigenvalue weighted by Crippen LogP contribution is -1.97. The second-order valence-corrected chi connectivity index (χ2v) is 11.3. The molecule has 224 valence electrons. The second kappa shape index (κ2) is 13.4. The predicted molar refractivity (Wildman–Crippen MR) is 201 cm³/mol. The molecule has 0 amide bonds. The van der Waals surface area contributed by atoms with E-state index in [0.717, 1.165) is 72.3 Å². The Hall–Kier alpha value is -6.25. The number of hydrogen-bond donors (Lipinski definition) is 0. The lowest BCUT2D eigenvalue weighted by atomic mass is 9.94. The molecule has 0 saturated carbocycles. The van der Waals surface area contributed by atoms with Crippen molar-refractivity contribution in [2.24, 2.45) is 0 Å². The minimum absolute atomic E-state index is 0.916. The molecule has 0 aliphatic rings. The molecule has 7 rings (SSSR count). The number of aromatic nitrogens is 2. The van der Waals surface area contributed by atoms with Gasteiger partial charge in [-0.25, -0.2) is 4.98 Å². The van der Waals surface area contributed by atoms with E-state index in [4.69, 9.17) is 4.98 Å². The summed E-state index contributed by atoms with van der Waals surface area (Å²) in [5.74, 6) is 0.916. The van der Waals surface area contributed by atoms with Crippen LogP contribution in [0.3, 0.4) is 0 Å². The van der Waals surface area contributed by atoms with Gasteiger partial charge in [-0.2, -0.15) is 0 Å². The Balaban J connectivity index is 1.40. The van der Waals surface area contributed by atoms with Gasteiger partial charge in [0.2, 0.25) is 0 Å². The number of imidazole rings is 1. The average Bonchev–Trinajstić information content (AvgIpc) is 3.53. The molecule has 0 aliphatic heterocycles. The third-order valence-electron chi connectivity index (χ3n) is 8.39. The molecular weight excluding hydrogens is 569 g/mol. The molecule has 0 spiro atoms. The quantitative estimate of drug-likeness (QED) is 0.166. The van der Waals surface area contributed by atoms with Crippen LogP contribution in [0.1, 0.15) is 5.56 Å². The molecule has 0 N–H and O–H groups in total. The van der Waals surface area contributed by atoms with Crippen LogP contribution in [-0.4, -0.2) is 9.55 Å². The fourth-order valence-corrected chi connectivity index (χ4v) is 6.09. The van der Waals surface area contributed by atoms with Crippen LogP contribution in [0.2, 0.25) is 0 Å². The number of benzene rings is 5. The molecule has 7 aromatic rings. The van der Waals surface area contributed by atoms with Gasteiger partial charge in [-0.1, -0.05) is 171 Å². The summed E-state index contributed by atoms with van der Waals surface area (Å²) in [4.78, 5) is 5.06. The fraction of sp³-hybridized carbons (Fsp3) is 0. The summed E-state index contributed by atoms with van der Waals surface area (Å²) in [5, 5.41) is 2.28. The van der Waals surface area contributed by atoms with E-state index in [0.29, 0.717) is 0 Å². The molecule has 1 heterocycles. The standard InChI is InChI=1S/C45H34N2/c1-3-4-16-33(2)39-32-31-34(19-15-24-40(36-17-7-5-8-18-36)42-23-12-11-22-41(39)42)35-27-29-37(30-28-35)45-46-43-25-13-14-26-44(43)47(45)38-20-9-6-10-21-38/h3-32H,1-2H2/b16-4-,19-15?,24-15?,32-31?,34-19?,34-31?,39-32?,40-24?,41-39?,42-40?. The molecule has 6 aromatic carbocycles. The van der Waals surface area contributed by atoms with E-state index in [9.17, 15) is 0 Å². The number of nitrogens with zero attached hydrogens (tertiary/aromatic N) is 2. The summed E-state index contributed by atoms with van der Waals surface area (Å²) in [6.45, 7) is 8.32. The van der Waals surface area contributed by atoms with Gasteiger partial charge in [-0.05, 0) is 68.4 Å². The number of fused-ring (bicyclic) bond motifs is 2. The molecule has 0 bridgehead atoms. The van der Waals surface area contributed by atoms with Crippen LogP contribution in [0.4, 0.5) is 0 Å². The van der Waals surface area contributed by atoms with Crippen molar-refractivity contribution in [2.75, 3.05) is 0 Å². The molecule has 1 aromatic heterocycles. The van der Waals surface area contributed by atoms with E-state index in [-0.39, 0.29) is 0 Å². The highest BCUT2D eigenvalue weighted by molar-refractivity contribution is 6.02. The molecule has 47 heavy (non-hydrogen) atoms. The maximum Gasteiger partial charge on any atom is 0.145 e. The van der Waals surface area contributed by atoms with Crippen LogP contribution in [0.15, 0.2) is 195 Å². The minimum Gasteiger partial charge on any atom is -0.292 e. The van der Waals surface area contributed by atoms with E-state index in [1.54, 1.807) is 6.08 Å². The van der Waals surface area contributed by atoms with E-state index < -0.39 is 0 Å². The van der Waals surface area contributed by atoms with Crippen molar-refractivity contribution in [3.8, 4) is 39.3 Å². The number of hydrogen-bond acceptors (Lipinski definition) is 1. The summed E-state index contributed by atoms with van der Waals surface area (Å²) in [6.07, 6.45) is 5.74. The van der Waals surface area contributed by atoms with Crippen LogP contribution in [-0.2, 0) is 0 Å². The van der Waals surface area contributed by atoms with Crippen molar-refractivity contribution in [2.45, 2.75) is 0 Å². The Bertz CT molecular complexity index is 2310. The fourth-order valence-electron chi connectivity index (χ4n) is 6.09. The Kier molecular flexibility index (Phi) is 8.40. The summed E-state index contributed by atoms with van der Waals surface area (Å²) >= 11 is 0. The predicted octanol–water partition coefficient (Wildman–Crippen LogP) is 12.1. The van der Waals surface area contributed by atoms with Gasteiger partial charge >= 0.3 is 0 Å². The molecule has 0 saturated heterocycles. The van der Waals surface area contributed by atoms with Gasteiger partial charge in [0.1, 0.15) is 5.82 Å². The Morgan fingerprint density at radius 1 is 0.532 bits per heavy atom. The van der Waals surface area contributed by atoms with Gasteiger partial charge in [0.25, 0.3) is 0 Å². The monoisotopic (exact) mass is 602 g/mol. The Morgan fingerprint density at radius 2 is 1.13 bits per heavy atom. The molecule has 2 nitrogen and oxygen atoms in total. The first-order valence-corrected chi connectivity index (χ1v) is 15.8. The zero-order chi connectivity index (χ0) is 32.0. The van der Waals surface area contributed by atoms with Crippen LogP contribution < -0.4 is 0 Å². The third-order valence-corrected chi connectivity index (χ3v) is 8.39. The number of para-hydroxylation sites is 3. The first-order valence-electron chi connectivity index (χ1n) is 15.8. The van der Waals surface area contributed by atoms with E-state index in [1.165, 1.54) is 0 Å². The summed E-state index contributed by atoms with van der Waals surface area (Å²) in [7, 11) is 0.